The molecule has 0 aromatic carbocycles. The molecule has 4 heteroatoms. The maximum atomic E-state index is 4.60. The number of nitrogens with two attached hydrogens (primary N) is 1. The molecule has 0 atom stereocenters. The molecule has 0 heterocycles. The molecule has 6 heavy (non-hydrogen) atoms. The monoisotopic (exact) mass is 88.1 g/mol. The molecule has 0 aliphatic carbocycles. The van der Waals surface area contributed by atoms with Gasteiger partial charge in [0.05, 0.1) is 6.51 Å². The minimum absolute atomic E-state index is 0.344. The van der Waals surface area contributed by atoms with Crippen molar-refractivity contribution >= 4 is 7.48 Å². The number of rotatable bonds is 3. The Bertz CT molecular complexity index is 23.5. The fraction of sp³-hybridized carbons (Fsp3) is 1.00. The molecule has 2 N–H and O–H groups in total. The Labute approximate surface area is 37.6 Å². The SMILES string of the molecule is CO[B]CON. The van der Waals surface area contributed by atoms with E-state index in [-0.39, 0.29) is 0 Å². The van der Waals surface area contributed by atoms with E-state index in [2.05, 4.69) is 15.4 Å². The third kappa shape index (κ3) is 3.94. The maximum absolute atomic E-state index is 4.60. The van der Waals surface area contributed by atoms with Crippen LogP contribution < -0.4 is 5.90 Å². The molecular formula is C2H7BNO2. The van der Waals surface area contributed by atoms with E-state index in [4.69, 9.17) is 0 Å². The van der Waals surface area contributed by atoms with Crippen LogP contribution in [0.5, 0.6) is 0 Å². The lowest BCUT2D eigenvalue weighted by atomic mass is 10.1. The molecule has 0 aliphatic rings. The van der Waals surface area contributed by atoms with Crippen LogP contribution in [-0.2, 0) is 9.49 Å². The number of hydrogen-bond donors (Lipinski definition) is 1. The van der Waals surface area contributed by atoms with Crippen molar-refractivity contribution in [1.29, 1.82) is 0 Å². The summed E-state index contributed by atoms with van der Waals surface area (Å²) in [7, 11) is 3.00. The van der Waals surface area contributed by atoms with Crippen LogP contribution in [0.2, 0.25) is 0 Å². The summed E-state index contributed by atoms with van der Waals surface area (Å²) >= 11 is 0. The molecule has 0 saturated carbocycles. The van der Waals surface area contributed by atoms with E-state index < -0.39 is 0 Å². The van der Waals surface area contributed by atoms with Gasteiger partial charge < -0.3 is 9.49 Å². The van der Waals surface area contributed by atoms with Gasteiger partial charge >= 0.3 is 7.48 Å². The van der Waals surface area contributed by atoms with E-state index in [0.717, 1.165) is 0 Å². The van der Waals surface area contributed by atoms with Gasteiger partial charge in [0.15, 0.2) is 0 Å². The van der Waals surface area contributed by atoms with E-state index in [1.807, 2.05) is 0 Å². The fourth-order valence-electron chi connectivity index (χ4n) is 0.107. The second-order valence-electron chi connectivity index (χ2n) is 0.736. The highest BCUT2D eigenvalue weighted by Gasteiger charge is 1.81. The largest absolute Gasteiger partial charge is 0.440 e. The standard InChI is InChI=1S/C2H7BNO2/c1-5-3-2-6-4/h2,4H2,1H3. The van der Waals surface area contributed by atoms with Crippen LogP contribution in [0.4, 0.5) is 0 Å². The van der Waals surface area contributed by atoms with Crippen molar-refractivity contribution in [2.45, 2.75) is 0 Å². The Morgan fingerprint density at radius 3 is 2.67 bits per heavy atom. The molecule has 0 aromatic rings. The average molecular weight is 87.9 g/mol. The summed E-state index contributed by atoms with van der Waals surface area (Å²) < 4.78 is 4.45. The lowest BCUT2D eigenvalue weighted by molar-refractivity contribution is 0.173. The quantitative estimate of drug-likeness (QED) is 0.276. The van der Waals surface area contributed by atoms with Crippen LogP contribution >= 0.6 is 0 Å². The van der Waals surface area contributed by atoms with Gasteiger partial charge in [-0.15, -0.1) is 0 Å². The zero-order valence-electron chi connectivity index (χ0n) is 3.68. The summed E-state index contributed by atoms with van der Waals surface area (Å²) in [6.07, 6.45) is 0. The minimum atomic E-state index is 0.344. The first kappa shape index (κ1) is 5.94. The van der Waals surface area contributed by atoms with E-state index in [0.29, 0.717) is 6.51 Å². The number of hydrogen-bond acceptors (Lipinski definition) is 3. The zero-order valence-corrected chi connectivity index (χ0v) is 3.68. The first-order valence-corrected chi connectivity index (χ1v) is 1.58. The van der Waals surface area contributed by atoms with Crippen LogP contribution in [-0.4, -0.2) is 21.1 Å². The molecule has 0 rings (SSSR count). The van der Waals surface area contributed by atoms with E-state index in [1.165, 1.54) is 7.48 Å². The lowest BCUT2D eigenvalue weighted by Gasteiger charge is -1.88. The highest BCUT2D eigenvalue weighted by Crippen LogP contribution is 1.57. The molecule has 0 amide bonds. The highest BCUT2D eigenvalue weighted by atomic mass is 16.6. The Kier molecular flexibility index (Phi) is 4.90. The van der Waals surface area contributed by atoms with Gasteiger partial charge in [-0.2, -0.15) is 0 Å². The second kappa shape index (κ2) is 4.94. The smallest absolute Gasteiger partial charge is 0.322 e. The fourth-order valence-corrected chi connectivity index (χ4v) is 0.107. The molecule has 0 spiro atoms. The first-order valence-electron chi connectivity index (χ1n) is 1.58. The summed E-state index contributed by atoms with van der Waals surface area (Å²) in [5, 5.41) is 0. The molecule has 3 nitrogen and oxygen atoms in total. The molecule has 1 radical (unpaired) electrons. The van der Waals surface area contributed by atoms with Gasteiger partial charge in [-0.25, -0.2) is 5.90 Å². The average Bonchev–Trinajstić information content (AvgIpc) is 1.61. The Hall–Kier alpha value is -0.0551. The summed E-state index contributed by atoms with van der Waals surface area (Å²) in [6, 6.07) is 0. The second-order valence-corrected chi connectivity index (χ2v) is 0.736. The minimum Gasteiger partial charge on any atom is -0.440 e. The summed E-state index contributed by atoms with van der Waals surface area (Å²) in [4.78, 5) is 4.10. The van der Waals surface area contributed by atoms with Crippen molar-refractivity contribution in [2.75, 3.05) is 13.6 Å². The molecule has 0 aliphatic heterocycles. The topological polar surface area (TPSA) is 44.5 Å². The van der Waals surface area contributed by atoms with E-state index in [9.17, 15) is 0 Å². The van der Waals surface area contributed by atoms with Crippen LogP contribution in [0.15, 0.2) is 0 Å². The summed E-state index contributed by atoms with van der Waals surface area (Å²) in [5.41, 5.74) is 0. The molecule has 0 fully saturated rings. The molecular weight excluding hydrogens is 80.8 g/mol. The van der Waals surface area contributed by atoms with Crippen molar-refractivity contribution in [3.63, 3.8) is 0 Å². The Morgan fingerprint density at radius 1 is 1.83 bits per heavy atom. The van der Waals surface area contributed by atoms with Crippen LogP contribution in [0, 0.1) is 0 Å². The van der Waals surface area contributed by atoms with Crippen molar-refractivity contribution in [3.8, 4) is 0 Å². The van der Waals surface area contributed by atoms with Crippen molar-refractivity contribution < 1.29 is 9.49 Å². The van der Waals surface area contributed by atoms with Gasteiger partial charge in [0.1, 0.15) is 0 Å². The van der Waals surface area contributed by atoms with Gasteiger partial charge in [0.2, 0.25) is 0 Å². The predicted molar refractivity (Wildman–Crippen MR) is 22.9 cm³/mol. The first-order chi connectivity index (χ1) is 2.91. The third-order valence-corrected chi connectivity index (χ3v) is 0.331. The van der Waals surface area contributed by atoms with Crippen molar-refractivity contribution in [1.82, 2.24) is 0 Å². The van der Waals surface area contributed by atoms with Crippen LogP contribution in [0.1, 0.15) is 0 Å². The summed E-state index contributed by atoms with van der Waals surface area (Å²) in [6.45, 7) is 0.344. The van der Waals surface area contributed by atoms with E-state index >= 15 is 0 Å². The third-order valence-electron chi connectivity index (χ3n) is 0.331. The molecule has 0 unspecified atom stereocenters. The van der Waals surface area contributed by atoms with Crippen LogP contribution in [0.25, 0.3) is 0 Å². The Balaban J connectivity index is 2.34. The van der Waals surface area contributed by atoms with E-state index in [1.54, 1.807) is 7.11 Å². The Morgan fingerprint density at radius 2 is 2.50 bits per heavy atom. The van der Waals surface area contributed by atoms with Gasteiger partial charge in [-0.1, -0.05) is 0 Å². The molecule has 0 saturated heterocycles. The van der Waals surface area contributed by atoms with Gasteiger partial charge in [0.25, 0.3) is 0 Å². The van der Waals surface area contributed by atoms with Crippen LogP contribution in [0.3, 0.4) is 0 Å². The van der Waals surface area contributed by atoms with Gasteiger partial charge in [-0.3, -0.25) is 0 Å². The molecule has 0 aromatic heterocycles. The summed E-state index contributed by atoms with van der Waals surface area (Å²) in [5.74, 6) is 4.60. The lowest BCUT2D eigenvalue weighted by Crippen LogP contribution is -2.09. The predicted octanol–water partition coefficient (Wildman–Crippen LogP) is -0.900. The van der Waals surface area contributed by atoms with Crippen molar-refractivity contribution in [2.24, 2.45) is 5.90 Å². The van der Waals surface area contributed by atoms with Gasteiger partial charge in [-0.05, 0) is 0 Å². The molecule has 0 bridgehead atoms. The normalized spacial score (nSPS) is 8.33. The van der Waals surface area contributed by atoms with Crippen molar-refractivity contribution in [3.05, 3.63) is 0 Å². The van der Waals surface area contributed by atoms with Gasteiger partial charge in [0, 0.05) is 7.11 Å². The zero-order chi connectivity index (χ0) is 4.83. The molecule has 35 valence electrons. The highest BCUT2D eigenvalue weighted by molar-refractivity contribution is 6.26. The maximum Gasteiger partial charge on any atom is 0.322 e.